The van der Waals surface area contributed by atoms with Crippen LogP contribution in [-0.2, 0) is 9.53 Å². The van der Waals surface area contributed by atoms with E-state index in [4.69, 9.17) is 4.74 Å². The summed E-state index contributed by atoms with van der Waals surface area (Å²) in [7, 11) is 0. The maximum atomic E-state index is 11.7. The Bertz CT molecular complexity index is 407. The molecular weight excluding hydrogens is 236 g/mol. The molecule has 2 saturated carbocycles. The minimum atomic E-state index is -0.169. The Balaban J connectivity index is 2.15. The third-order valence-corrected chi connectivity index (χ3v) is 4.97. The van der Waals surface area contributed by atoms with Crippen molar-refractivity contribution in [2.45, 2.75) is 52.9 Å². The molecule has 0 bridgehead atoms. The molecule has 0 spiro atoms. The van der Waals surface area contributed by atoms with Crippen LogP contribution in [0.15, 0.2) is 23.8 Å². The molecular formula is C17H26O2. The van der Waals surface area contributed by atoms with Gasteiger partial charge in [-0.25, -0.2) is 4.79 Å². The van der Waals surface area contributed by atoms with Crippen LogP contribution in [0.2, 0.25) is 0 Å². The third-order valence-electron chi connectivity index (χ3n) is 4.97. The zero-order chi connectivity index (χ0) is 14.0. The fourth-order valence-electron chi connectivity index (χ4n) is 4.10. The summed E-state index contributed by atoms with van der Waals surface area (Å²) in [5.74, 6) is 0.866. The van der Waals surface area contributed by atoms with E-state index in [1.54, 1.807) is 0 Å². The third kappa shape index (κ3) is 2.77. The van der Waals surface area contributed by atoms with Crippen LogP contribution < -0.4 is 0 Å². The monoisotopic (exact) mass is 262 g/mol. The average Bonchev–Trinajstić information content (AvgIpc) is 2.68. The second-order valence-corrected chi connectivity index (χ2v) is 6.42. The van der Waals surface area contributed by atoms with E-state index in [0.29, 0.717) is 23.9 Å². The number of carbonyl (C=O) groups is 1. The number of hydrogen-bond acceptors (Lipinski definition) is 2. The van der Waals surface area contributed by atoms with Crippen LogP contribution in [0.4, 0.5) is 0 Å². The lowest BCUT2D eigenvalue weighted by Gasteiger charge is -2.39. The zero-order valence-electron chi connectivity index (χ0n) is 12.5. The number of allylic oxidation sites excluding steroid dienone is 2. The van der Waals surface area contributed by atoms with Crippen molar-refractivity contribution in [3.05, 3.63) is 23.8 Å². The van der Waals surface area contributed by atoms with Crippen molar-refractivity contribution in [1.82, 2.24) is 0 Å². The Morgan fingerprint density at radius 2 is 2.26 bits per heavy atom. The van der Waals surface area contributed by atoms with Gasteiger partial charge in [-0.1, -0.05) is 25.2 Å². The second-order valence-electron chi connectivity index (χ2n) is 6.42. The lowest BCUT2D eigenvalue weighted by molar-refractivity contribution is -0.138. The van der Waals surface area contributed by atoms with Gasteiger partial charge in [-0.2, -0.15) is 0 Å². The summed E-state index contributed by atoms with van der Waals surface area (Å²) in [6.07, 6.45) is 8.32. The summed E-state index contributed by atoms with van der Waals surface area (Å²) in [5.41, 5.74) is 2.56. The summed E-state index contributed by atoms with van der Waals surface area (Å²) in [5, 5.41) is 0. The van der Waals surface area contributed by atoms with E-state index in [9.17, 15) is 4.79 Å². The van der Waals surface area contributed by atoms with E-state index < -0.39 is 0 Å². The lowest BCUT2D eigenvalue weighted by atomic mass is 9.65. The van der Waals surface area contributed by atoms with Crippen LogP contribution in [0.1, 0.15) is 52.9 Å². The van der Waals surface area contributed by atoms with Gasteiger partial charge in [0.2, 0.25) is 0 Å². The summed E-state index contributed by atoms with van der Waals surface area (Å²) in [6.45, 7) is 10.9. The molecule has 2 heteroatoms. The first-order valence-electron chi connectivity index (χ1n) is 7.51. The Labute approximate surface area is 116 Å². The molecule has 2 fully saturated rings. The molecule has 0 aromatic rings. The van der Waals surface area contributed by atoms with Crippen molar-refractivity contribution >= 4 is 5.97 Å². The standard InChI is InChI=1S/C17H26O2/c1-5-19-16(18)13(3)11-14-8-10-17(4)9-6-7-12(2)15(14)17/h11,14-15H,2,5-10H2,1,3-4H3/b13-11-/t14-,15-,17-/m0/s1. The van der Waals surface area contributed by atoms with Crippen molar-refractivity contribution in [1.29, 1.82) is 0 Å². The van der Waals surface area contributed by atoms with Gasteiger partial charge in [0.05, 0.1) is 6.61 Å². The van der Waals surface area contributed by atoms with Crippen LogP contribution in [-0.4, -0.2) is 12.6 Å². The number of carbonyl (C=O) groups excluding carboxylic acids is 1. The predicted molar refractivity (Wildman–Crippen MR) is 77.7 cm³/mol. The molecule has 0 N–H and O–H groups in total. The Kier molecular flexibility index (Phi) is 4.17. The molecule has 0 aliphatic heterocycles. The van der Waals surface area contributed by atoms with Crippen molar-refractivity contribution < 1.29 is 9.53 Å². The lowest BCUT2D eigenvalue weighted by Crippen LogP contribution is -2.30. The van der Waals surface area contributed by atoms with Gasteiger partial charge in [0.15, 0.2) is 0 Å². The number of hydrogen-bond donors (Lipinski definition) is 0. The Hall–Kier alpha value is -1.05. The molecule has 106 valence electrons. The summed E-state index contributed by atoms with van der Waals surface area (Å²) < 4.78 is 5.07. The molecule has 0 heterocycles. The SMILES string of the molecule is C=C1CCC[C@@]2(C)CC[C@@H](/C=C(/C)C(=O)OCC)[C@H]12. The largest absolute Gasteiger partial charge is 0.463 e. The smallest absolute Gasteiger partial charge is 0.333 e. The highest BCUT2D eigenvalue weighted by atomic mass is 16.5. The molecule has 3 atom stereocenters. The van der Waals surface area contributed by atoms with Crippen molar-refractivity contribution in [2.75, 3.05) is 6.61 Å². The summed E-state index contributed by atoms with van der Waals surface area (Å²) in [4.78, 5) is 11.7. The van der Waals surface area contributed by atoms with Gasteiger partial charge in [-0.15, -0.1) is 0 Å². The van der Waals surface area contributed by atoms with Crippen LogP contribution in [0.25, 0.3) is 0 Å². The molecule has 2 aliphatic rings. The molecule has 0 aromatic carbocycles. The molecule has 0 unspecified atom stereocenters. The van der Waals surface area contributed by atoms with Crippen LogP contribution in [0.5, 0.6) is 0 Å². The minimum Gasteiger partial charge on any atom is -0.463 e. The molecule has 0 radical (unpaired) electrons. The topological polar surface area (TPSA) is 26.3 Å². The summed E-state index contributed by atoms with van der Waals surface area (Å²) >= 11 is 0. The van der Waals surface area contributed by atoms with E-state index in [1.165, 1.54) is 31.3 Å². The van der Waals surface area contributed by atoms with Crippen LogP contribution >= 0.6 is 0 Å². The maximum Gasteiger partial charge on any atom is 0.333 e. The quantitative estimate of drug-likeness (QED) is 0.431. The van der Waals surface area contributed by atoms with E-state index in [2.05, 4.69) is 19.6 Å². The molecule has 0 amide bonds. The van der Waals surface area contributed by atoms with Crippen LogP contribution in [0.3, 0.4) is 0 Å². The average molecular weight is 262 g/mol. The van der Waals surface area contributed by atoms with Gasteiger partial charge >= 0.3 is 5.97 Å². The molecule has 2 nitrogen and oxygen atoms in total. The maximum absolute atomic E-state index is 11.7. The zero-order valence-corrected chi connectivity index (χ0v) is 12.5. The Morgan fingerprint density at radius 3 is 2.95 bits per heavy atom. The molecule has 0 aromatic heterocycles. The highest BCUT2D eigenvalue weighted by Crippen LogP contribution is 2.56. The second kappa shape index (κ2) is 5.52. The van der Waals surface area contributed by atoms with Gasteiger partial charge < -0.3 is 4.74 Å². The predicted octanol–water partition coefficient (Wildman–Crippen LogP) is 4.27. The first-order chi connectivity index (χ1) is 8.98. The normalized spacial score (nSPS) is 35.1. The van der Waals surface area contributed by atoms with Crippen molar-refractivity contribution in [3.63, 3.8) is 0 Å². The highest BCUT2D eigenvalue weighted by molar-refractivity contribution is 5.87. The molecule has 19 heavy (non-hydrogen) atoms. The van der Waals surface area contributed by atoms with Gasteiger partial charge in [0.25, 0.3) is 0 Å². The number of rotatable bonds is 3. The highest BCUT2D eigenvalue weighted by Gasteiger charge is 2.46. The van der Waals surface area contributed by atoms with Gasteiger partial charge in [-0.05, 0) is 63.2 Å². The van der Waals surface area contributed by atoms with Crippen molar-refractivity contribution in [2.24, 2.45) is 17.3 Å². The van der Waals surface area contributed by atoms with Gasteiger partial charge in [0.1, 0.15) is 0 Å². The molecule has 2 aliphatic carbocycles. The first-order valence-corrected chi connectivity index (χ1v) is 7.51. The van der Waals surface area contributed by atoms with Crippen molar-refractivity contribution in [3.8, 4) is 0 Å². The van der Waals surface area contributed by atoms with E-state index in [1.807, 2.05) is 13.8 Å². The van der Waals surface area contributed by atoms with Crippen LogP contribution in [0, 0.1) is 17.3 Å². The fourth-order valence-corrected chi connectivity index (χ4v) is 4.10. The number of esters is 1. The molecule has 2 rings (SSSR count). The minimum absolute atomic E-state index is 0.169. The Morgan fingerprint density at radius 1 is 1.53 bits per heavy atom. The molecule has 0 saturated heterocycles. The van der Waals surface area contributed by atoms with Gasteiger partial charge in [-0.3, -0.25) is 0 Å². The summed E-state index contributed by atoms with van der Waals surface area (Å²) in [6, 6.07) is 0. The van der Waals surface area contributed by atoms with E-state index in [0.717, 1.165) is 12.0 Å². The van der Waals surface area contributed by atoms with E-state index >= 15 is 0 Å². The number of ether oxygens (including phenoxy) is 1. The number of fused-ring (bicyclic) bond motifs is 1. The first kappa shape index (κ1) is 14.4. The fraction of sp³-hybridized carbons (Fsp3) is 0.706. The van der Waals surface area contributed by atoms with Gasteiger partial charge in [0, 0.05) is 5.57 Å². The van der Waals surface area contributed by atoms with E-state index in [-0.39, 0.29) is 5.97 Å².